The average molecular weight is 389 g/mol. The first-order valence-corrected chi connectivity index (χ1v) is 8.30. The molecule has 0 heterocycles. The molecule has 3 aromatic rings. The van der Waals surface area contributed by atoms with Gasteiger partial charge in [-0.2, -0.15) is 13.2 Å². The summed E-state index contributed by atoms with van der Waals surface area (Å²) in [6.45, 7) is 0. The second-order valence-corrected chi connectivity index (χ2v) is 5.98. The van der Waals surface area contributed by atoms with Crippen molar-refractivity contribution in [2.75, 3.05) is 5.32 Å². The molecule has 28 heavy (non-hydrogen) atoms. The Bertz CT molecular complexity index is 954. The van der Waals surface area contributed by atoms with Gasteiger partial charge in [0, 0.05) is 5.69 Å². The number of halogens is 4. The van der Waals surface area contributed by atoms with E-state index in [1.54, 1.807) is 30.3 Å². The molecule has 0 atom stereocenters. The average Bonchev–Trinajstić information content (AvgIpc) is 2.65. The number of carbonyl (C=O) groups excluding carboxylic acids is 1. The van der Waals surface area contributed by atoms with Crippen LogP contribution in [0.3, 0.4) is 0 Å². The summed E-state index contributed by atoms with van der Waals surface area (Å²) >= 11 is 0. The van der Waals surface area contributed by atoms with Crippen molar-refractivity contribution in [2.24, 2.45) is 0 Å². The summed E-state index contributed by atoms with van der Waals surface area (Å²) in [6, 6.07) is 16.7. The summed E-state index contributed by atoms with van der Waals surface area (Å²) in [7, 11) is 0. The summed E-state index contributed by atoms with van der Waals surface area (Å²) in [5, 5.41) is 2.46. The molecule has 3 nitrogen and oxygen atoms in total. The maximum absolute atomic E-state index is 13.4. The van der Waals surface area contributed by atoms with Crippen molar-refractivity contribution >= 4 is 11.6 Å². The van der Waals surface area contributed by atoms with Gasteiger partial charge in [0.2, 0.25) is 5.91 Å². The van der Waals surface area contributed by atoms with Gasteiger partial charge in [0.05, 0.1) is 6.42 Å². The van der Waals surface area contributed by atoms with Crippen molar-refractivity contribution in [3.63, 3.8) is 0 Å². The van der Waals surface area contributed by atoms with E-state index in [9.17, 15) is 22.4 Å². The Morgan fingerprint density at radius 3 is 2.25 bits per heavy atom. The molecule has 7 heteroatoms. The van der Waals surface area contributed by atoms with Crippen LogP contribution < -0.4 is 10.1 Å². The molecule has 0 saturated carbocycles. The maximum atomic E-state index is 13.4. The number of alkyl halides is 3. The van der Waals surface area contributed by atoms with Crippen LogP contribution in [-0.4, -0.2) is 5.91 Å². The van der Waals surface area contributed by atoms with E-state index in [1.165, 1.54) is 18.2 Å². The van der Waals surface area contributed by atoms with E-state index in [1.807, 2.05) is 0 Å². The van der Waals surface area contributed by atoms with Crippen molar-refractivity contribution in [2.45, 2.75) is 12.6 Å². The van der Waals surface area contributed by atoms with E-state index in [2.05, 4.69) is 5.32 Å². The van der Waals surface area contributed by atoms with Crippen LogP contribution in [0.25, 0.3) is 0 Å². The minimum Gasteiger partial charge on any atom is -0.457 e. The van der Waals surface area contributed by atoms with E-state index < -0.39 is 29.2 Å². The van der Waals surface area contributed by atoms with E-state index in [0.717, 1.165) is 29.8 Å². The molecule has 0 aliphatic rings. The number of hydrogen-bond acceptors (Lipinski definition) is 2. The molecule has 0 bridgehead atoms. The van der Waals surface area contributed by atoms with Gasteiger partial charge in [-0.1, -0.05) is 30.3 Å². The van der Waals surface area contributed by atoms with Gasteiger partial charge in [0.25, 0.3) is 0 Å². The molecule has 3 rings (SSSR count). The highest BCUT2D eigenvalue weighted by molar-refractivity contribution is 5.92. The molecular formula is C21H15F4NO2. The summed E-state index contributed by atoms with van der Waals surface area (Å²) in [6.07, 6.45) is -4.66. The maximum Gasteiger partial charge on any atom is 0.420 e. The SMILES string of the molecule is O=C(Cc1ccccc1)Nc1ccc(Oc2ccc(F)cc2)c(C(F)(F)F)c1. The summed E-state index contributed by atoms with van der Waals surface area (Å²) in [5.74, 6) is -1.35. The Kier molecular flexibility index (Phi) is 5.63. The van der Waals surface area contributed by atoms with Crippen molar-refractivity contribution in [3.05, 3.63) is 89.7 Å². The van der Waals surface area contributed by atoms with E-state index in [4.69, 9.17) is 4.74 Å². The van der Waals surface area contributed by atoms with Crippen molar-refractivity contribution in [3.8, 4) is 11.5 Å². The molecule has 0 aliphatic heterocycles. The van der Waals surface area contributed by atoms with Crippen LogP contribution >= 0.6 is 0 Å². The topological polar surface area (TPSA) is 38.3 Å². The number of ether oxygens (including phenoxy) is 1. The third kappa shape index (κ3) is 5.09. The van der Waals surface area contributed by atoms with Crippen LogP contribution in [0.1, 0.15) is 11.1 Å². The molecule has 0 radical (unpaired) electrons. The van der Waals surface area contributed by atoms with Crippen LogP contribution in [0, 0.1) is 5.82 Å². The van der Waals surface area contributed by atoms with E-state index >= 15 is 0 Å². The Hall–Kier alpha value is -3.35. The first-order chi connectivity index (χ1) is 13.3. The molecule has 144 valence electrons. The Labute approximate surface area is 158 Å². The quantitative estimate of drug-likeness (QED) is 0.559. The fourth-order valence-electron chi connectivity index (χ4n) is 2.53. The molecular weight excluding hydrogens is 374 g/mol. The molecule has 1 N–H and O–H groups in total. The third-order valence-electron chi connectivity index (χ3n) is 3.82. The number of benzene rings is 3. The standard InChI is InChI=1S/C21H15F4NO2/c22-15-6-9-17(10-7-15)28-19-11-8-16(13-18(19)21(23,24)25)26-20(27)12-14-4-2-1-3-5-14/h1-11,13H,12H2,(H,26,27). The number of amides is 1. The van der Waals surface area contributed by atoms with Crippen LogP contribution in [0.5, 0.6) is 11.5 Å². The zero-order valence-corrected chi connectivity index (χ0v) is 14.5. The van der Waals surface area contributed by atoms with Gasteiger partial charge in [-0.3, -0.25) is 4.79 Å². The highest BCUT2D eigenvalue weighted by Gasteiger charge is 2.35. The van der Waals surface area contributed by atoms with E-state index in [0.29, 0.717) is 0 Å². The number of carbonyl (C=O) groups is 1. The van der Waals surface area contributed by atoms with Gasteiger partial charge in [-0.05, 0) is 48.0 Å². The highest BCUT2D eigenvalue weighted by Crippen LogP contribution is 2.39. The van der Waals surface area contributed by atoms with E-state index in [-0.39, 0.29) is 17.9 Å². The first kappa shape index (κ1) is 19.4. The van der Waals surface area contributed by atoms with Crippen LogP contribution in [0.2, 0.25) is 0 Å². The number of hydrogen-bond donors (Lipinski definition) is 1. The molecule has 0 saturated heterocycles. The lowest BCUT2D eigenvalue weighted by Crippen LogP contribution is -2.15. The molecule has 0 aliphatic carbocycles. The fraction of sp³-hybridized carbons (Fsp3) is 0.0952. The summed E-state index contributed by atoms with van der Waals surface area (Å²) < 4.78 is 58.5. The Morgan fingerprint density at radius 2 is 1.61 bits per heavy atom. The monoisotopic (exact) mass is 389 g/mol. The van der Waals surface area contributed by atoms with Crippen LogP contribution in [0.4, 0.5) is 23.2 Å². The van der Waals surface area contributed by atoms with Gasteiger partial charge in [0.1, 0.15) is 22.9 Å². The molecule has 0 aromatic heterocycles. The largest absolute Gasteiger partial charge is 0.457 e. The van der Waals surface area contributed by atoms with Gasteiger partial charge in [-0.15, -0.1) is 0 Å². The van der Waals surface area contributed by atoms with Gasteiger partial charge >= 0.3 is 6.18 Å². The molecule has 0 unspecified atom stereocenters. The van der Waals surface area contributed by atoms with Crippen molar-refractivity contribution < 1.29 is 27.1 Å². The number of nitrogens with one attached hydrogen (secondary N) is 1. The zero-order chi connectivity index (χ0) is 20.1. The first-order valence-electron chi connectivity index (χ1n) is 8.30. The summed E-state index contributed by atoms with van der Waals surface area (Å²) in [5.41, 5.74) is -0.304. The van der Waals surface area contributed by atoms with Crippen molar-refractivity contribution in [1.82, 2.24) is 0 Å². The molecule has 3 aromatic carbocycles. The van der Waals surface area contributed by atoms with Gasteiger partial charge in [0.15, 0.2) is 0 Å². The smallest absolute Gasteiger partial charge is 0.420 e. The lowest BCUT2D eigenvalue weighted by molar-refractivity contribution is -0.138. The number of anilines is 1. The molecule has 0 fully saturated rings. The van der Waals surface area contributed by atoms with Gasteiger partial charge in [-0.25, -0.2) is 4.39 Å². The van der Waals surface area contributed by atoms with Crippen LogP contribution in [0.15, 0.2) is 72.8 Å². The minimum absolute atomic E-state index is 0.000266. The normalized spacial score (nSPS) is 11.1. The van der Waals surface area contributed by atoms with Gasteiger partial charge < -0.3 is 10.1 Å². The predicted octanol–water partition coefficient (Wildman–Crippen LogP) is 5.82. The highest BCUT2D eigenvalue weighted by atomic mass is 19.4. The Balaban J connectivity index is 1.80. The lowest BCUT2D eigenvalue weighted by atomic mass is 10.1. The van der Waals surface area contributed by atoms with Crippen molar-refractivity contribution in [1.29, 1.82) is 0 Å². The third-order valence-corrected chi connectivity index (χ3v) is 3.82. The number of rotatable bonds is 5. The predicted molar refractivity (Wildman–Crippen MR) is 96.7 cm³/mol. The molecule has 1 amide bonds. The Morgan fingerprint density at radius 1 is 0.929 bits per heavy atom. The lowest BCUT2D eigenvalue weighted by Gasteiger charge is -2.15. The zero-order valence-electron chi connectivity index (χ0n) is 14.5. The fourth-order valence-corrected chi connectivity index (χ4v) is 2.53. The second kappa shape index (κ2) is 8.12. The molecule has 0 spiro atoms. The minimum atomic E-state index is -4.70. The second-order valence-electron chi connectivity index (χ2n) is 5.98. The van der Waals surface area contributed by atoms with Crippen LogP contribution in [-0.2, 0) is 17.4 Å². The summed E-state index contributed by atoms with van der Waals surface area (Å²) in [4.78, 5) is 12.1.